The highest BCUT2D eigenvalue weighted by Crippen LogP contribution is 2.25. The number of anilines is 1. The quantitative estimate of drug-likeness (QED) is 0.825. The number of hydrogen-bond donors (Lipinski definition) is 1. The third-order valence-electron chi connectivity index (χ3n) is 3.05. The second-order valence-electron chi connectivity index (χ2n) is 4.37. The van der Waals surface area contributed by atoms with E-state index in [4.69, 9.17) is 4.74 Å². The van der Waals surface area contributed by atoms with E-state index in [1.54, 1.807) is 0 Å². The molecule has 1 aliphatic rings. The highest BCUT2D eigenvalue weighted by molar-refractivity contribution is 5.96. The molecule has 1 aromatic carbocycles. The summed E-state index contributed by atoms with van der Waals surface area (Å²) in [5.74, 6) is 1.09. The fourth-order valence-electron chi connectivity index (χ4n) is 2.09. The maximum Gasteiger partial charge on any atom is 0.160 e. The van der Waals surface area contributed by atoms with E-state index in [2.05, 4.69) is 5.32 Å². The van der Waals surface area contributed by atoms with Crippen LogP contribution in [0.1, 0.15) is 32.6 Å². The normalized spacial score (nSPS) is 17.8. The number of carbonyl (C=O) groups excluding carboxylic acids is 1. The lowest BCUT2D eigenvalue weighted by molar-refractivity contribution is -0.116. The van der Waals surface area contributed by atoms with Crippen LogP contribution in [0.3, 0.4) is 0 Å². The summed E-state index contributed by atoms with van der Waals surface area (Å²) in [6.07, 6.45) is 5.51. The summed E-state index contributed by atoms with van der Waals surface area (Å²) < 4.78 is 5.53. The fraction of sp³-hybridized carbons (Fsp3) is 0.400. The molecule has 0 radical (unpaired) electrons. The molecule has 1 aliphatic carbocycles. The minimum Gasteiger partial charge on any atom is -0.492 e. The molecule has 0 aliphatic heterocycles. The van der Waals surface area contributed by atoms with E-state index in [1.807, 2.05) is 37.4 Å². The van der Waals surface area contributed by atoms with Gasteiger partial charge in [-0.1, -0.05) is 12.1 Å². The van der Waals surface area contributed by atoms with Crippen molar-refractivity contribution in [2.24, 2.45) is 0 Å². The Labute approximate surface area is 108 Å². The number of benzene rings is 1. The fourth-order valence-corrected chi connectivity index (χ4v) is 2.09. The van der Waals surface area contributed by atoms with Crippen LogP contribution in [-0.4, -0.2) is 12.4 Å². The van der Waals surface area contributed by atoms with Crippen LogP contribution in [0.15, 0.2) is 36.0 Å². The van der Waals surface area contributed by atoms with Crippen molar-refractivity contribution in [3.8, 4) is 5.75 Å². The van der Waals surface area contributed by atoms with Crippen LogP contribution in [0, 0.1) is 0 Å². The van der Waals surface area contributed by atoms with Gasteiger partial charge in [0.25, 0.3) is 0 Å². The number of hydrogen-bond acceptors (Lipinski definition) is 3. The molecule has 0 atom stereocenters. The van der Waals surface area contributed by atoms with E-state index >= 15 is 0 Å². The van der Waals surface area contributed by atoms with Crippen molar-refractivity contribution in [1.82, 2.24) is 0 Å². The minimum atomic E-state index is 0.266. The van der Waals surface area contributed by atoms with E-state index in [-0.39, 0.29) is 5.78 Å². The first kappa shape index (κ1) is 12.7. The Morgan fingerprint density at radius 2 is 2.06 bits per heavy atom. The van der Waals surface area contributed by atoms with Gasteiger partial charge in [-0.2, -0.15) is 0 Å². The monoisotopic (exact) mass is 245 g/mol. The van der Waals surface area contributed by atoms with Crippen LogP contribution in [0.2, 0.25) is 0 Å². The second kappa shape index (κ2) is 6.24. The number of carbonyl (C=O) groups is 1. The lowest BCUT2D eigenvalue weighted by Gasteiger charge is -2.14. The highest BCUT2D eigenvalue weighted by atomic mass is 16.5. The average Bonchev–Trinajstić information content (AvgIpc) is 2.40. The van der Waals surface area contributed by atoms with Crippen LogP contribution in [0.5, 0.6) is 5.75 Å². The topological polar surface area (TPSA) is 38.3 Å². The Morgan fingerprint density at radius 1 is 1.28 bits per heavy atom. The first-order chi connectivity index (χ1) is 8.81. The summed E-state index contributed by atoms with van der Waals surface area (Å²) in [4.78, 5) is 11.7. The molecule has 0 aromatic heterocycles. The lowest BCUT2D eigenvalue weighted by atomic mass is 9.94. The smallest absolute Gasteiger partial charge is 0.160 e. The average molecular weight is 245 g/mol. The van der Waals surface area contributed by atoms with Crippen LogP contribution in [0.4, 0.5) is 5.69 Å². The molecule has 1 fully saturated rings. The number of allylic oxidation sites excluding steroid dienone is 1. The molecule has 3 nitrogen and oxygen atoms in total. The SMILES string of the molecule is CCOc1ccccc1NC=C1CCCCC1=O. The molecular weight excluding hydrogens is 226 g/mol. The van der Waals surface area contributed by atoms with Crippen molar-refractivity contribution in [2.75, 3.05) is 11.9 Å². The maximum atomic E-state index is 11.7. The van der Waals surface area contributed by atoms with Gasteiger partial charge < -0.3 is 10.1 Å². The Bertz CT molecular complexity index is 452. The Balaban J connectivity index is 2.09. The molecule has 96 valence electrons. The Morgan fingerprint density at radius 3 is 2.83 bits per heavy atom. The van der Waals surface area contributed by atoms with Crippen LogP contribution in [0.25, 0.3) is 0 Å². The molecule has 0 bridgehead atoms. The Kier molecular flexibility index (Phi) is 4.40. The third-order valence-corrected chi connectivity index (χ3v) is 3.05. The first-order valence-corrected chi connectivity index (χ1v) is 6.52. The van der Waals surface area contributed by atoms with Gasteiger partial charge in [-0.05, 0) is 38.3 Å². The van der Waals surface area contributed by atoms with E-state index in [9.17, 15) is 4.79 Å². The van der Waals surface area contributed by atoms with E-state index < -0.39 is 0 Å². The van der Waals surface area contributed by atoms with Gasteiger partial charge in [-0.25, -0.2) is 0 Å². The summed E-state index contributed by atoms with van der Waals surface area (Å²) >= 11 is 0. The standard InChI is InChI=1S/C15H19NO2/c1-2-18-15-10-6-4-8-13(15)16-11-12-7-3-5-9-14(12)17/h4,6,8,10-11,16H,2-3,5,7,9H2,1H3. The number of rotatable bonds is 4. The number of ketones is 1. The first-order valence-electron chi connectivity index (χ1n) is 6.52. The van der Waals surface area contributed by atoms with Crippen molar-refractivity contribution in [3.63, 3.8) is 0 Å². The zero-order valence-electron chi connectivity index (χ0n) is 10.7. The molecule has 0 heterocycles. The Hall–Kier alpha value is -1.77. The van der Waals surface area contributed by atoms with E-state index in [0.29, 0.717) is 13.0 Å². The molecule has 18 heavy (non-hydrogen) atoms. The van der Waals surface area contributed by atoms with Crippen molar-refractivity contribution >= 4 is 11.5 Å². The summed E-state index contributed by atoms with van der Waals surface area (Å²) in [5, 5.41) is 3.19. The van der Waals surface area contributed by atoms with Gasteiger partial charge in [-0.15, -0.1) is 0 Å². The molecule has 1 aromatic rings. The molecule has 1 N–H and O–H groups in total. The molecule has 0 saturated heterocycles. The van der Waals surface area contributed by atoms with E-state index in [1.165, 1.54) is 0 Å². The molecular formula is C15H19NO2. The number of nitrogens with one attached hydrogen (secondary N) is 1. The molecule has 3 heteroatoms. The van der Waals surface area contributed by atoms with Crippen LogP contribution in [-0.2, 0) is 4.79 Å². The second-order valence-corrected chi connectivity index (χ2v) is 4.37. The largest absolute Gasteiger partial charge is 0.492 e. The van der Waals surface area contributed by atoms with Crippen LogP contribution < -0.4 is 10.1 Å². The molecule has 0 amide bonds. The van der Waals surface area contributed by atoms with E-state index in [0.717, 1.165) is 36.3 Å². The summed E-state index contributed by atoms with van der Waals surface area (Å²) in [5.41, 5.74) is 1.80. The summed E-state index contributed by atoms with van der Waals surface area (Å²) in [7, 11) is 0. The van der Waals surface area contributed by atoms with Crippen molar-refractivity contribution in [3.05, 3.63) is 36.0 Å². The van der Waals surface area contributed by atoms with Gasteiger partial charge in [0.1, 0.15) is 5.75 Å². The van der Waals surface area contributed by atoms with Gasteiger partial charge >= 0.3 is 0 Å². The van der Waals surface area contributed by atoms with Gasteiger partial charge in [0.2, 0.25) is 0 Å². The number of ether oxygens (including phenoxy) is 1. The van der Waals surface area contributed by atoms with Crippen molar-refractivity contribution in [1.29, 1.82) is 0 Å². The third kappa shape index (κ3) is 3.13. The number of para-hydroxylation sites is 2. The molecule has 1 saturated carbocycles. The van der Waals surface area contributed by atoms with Gasteiger partial charge in [0.05, 0.1) is 12.3 Å². The van der Waals surface area contributed by atoms with Crippen molar-refractivity contribution in [2.45, 2.75) is 32.6 Å². The van der Waals surface area contributed by atoms with Crippen molar-refractivity contribution < 1.29 is 9.53 Å². The predicted molar refractivity (Wildman–Crippen MR) is 72.8 cm³/mol. The number of Topliss-reactive ketones (excluding diaryl/α,β-unsaturated/α-hetero) is 1. The van der Waals surface area contributed by atoms with Crippen LogP contribution >= 0.6 is 0 Å². The summed E-state index contributed by atoms with van der Waals surface area (Å²) in [6, 6.07) is 7.77. The minimum absolute atomic E-state index is 0.266. The van der Waals surface area contributed by atoms with Gasteiger partial charge in [0, 0.05) is 18.2 Å². The molecule has 0 unspecified atom stereocenters. The van der Waals surface area contributed by atoms with Gasteiger partial charge in [0.15, 0.2) is 5.78 Å². The predicted octanol–water partition coefficient (Wildman–Crippen LogP) is 3.52. The zero-order valence-corrected chi connectivity index (χ0v) is 10.7. The lowest BCUT2D eigenvalue weighted by Crippen LogP contribution is -2.10. The van der Waals surface area contributed by atoms with Gasteiger partial charge in [-0.3, -0.25) is 4.79 Å². The molecule has 0 spiro atoms. The molecule has 2 rings (SSSR count). The highest BCUT2D eigenvalue weighted by Gasteiger charge is 2.14. The zero-order chi connectivity index (χ0) is 12.8. The maximum absolute atomic E-state index is 11.7. The summed E-state index contributed by atoms with van der Waals surface area (Å²) in [6.45, 7) is 2.59.